The van der Waals surface area contributed by atoms with Crippen molar-refractivity contribution in [2.24, 2.45) is 5.73 Å². The molecule has 1 unspecified atom stereocenters. The molecule has 0 saturated carbocycles. The molecule has 0 fully saturated rings. The molecule has 0 aromatic heterocycles. The van der Waals surface area contributed by atoms with E-state index in [1.54, 1.807) is 6.07 Å². The summed E-state index contributed by atoms with van der Waals surface area (Å²) in [6.45, 7) is 2.74. The molecule has 0 heterocycles. The van der Waals surface area contributed by atoms with Crippen LogP contribution in [0.2, 0.25) is 5.02 Å². The van der Waals surface area contributed by atoms with E-state index in [1.165, 1.54) is 12.1 Å². The Kier molecular flexibility index (Phi) is 4.99. The van der Waals surface area contributed by atoms with E-state index in [4.69, 9.17) is 22.1 Å². The van der Waals surface area contributed by atoms with Crippen molar-refractivity contribution in [2.45, 2.75) is 19.4 Å². The summed E-state index contributed by atoms with van der Waals surface area (Å²) in [5, 5.41) is 0.101. The van der Waals surface area contributed by atoms with Crippen molar-refractivity contribution in [3.05, 3.63) is 64.4 Å². The Balaban J connectivity index is 2.15. The van der Waals surface area contributed by atoms with Crippen LogP contribution in [0.4, 0.5) is 4.39 Å². The van der Waals surface area contributed by atoms with Gasteiger partial charge in [0.2, 0.25) is 0 Å². The molecule has 2 aromatic carbocycles. The zero-order chi connectivity index (χ0) is 14.5. The highest BCUT2D eigenvalue weighted by molar-refractivity contribution is 6.30. The van der Waals surface area contributed by atoms with Gasteiger partial charge < -0.3 is 10.5 Å². The number of ether oxygens (including phenoxy) is 1. The molecular weight excluding hydrogens is 277 g/mol. The maximum absolute atomic E-state index is 13.5. The Morgan fingerprint density at radius 1 is 1.15 bits per heavy atom. The summed E-state index contributed by atoms with van der Waals surface area (Å²) >= 11 is 5.67. The summed E-state index contributed by atoms with van der Waals surface area (Å²) in [6, 6.07) is 11.8. The Morgan fingerprint density at radius 2 is 1.80 bits per heavy atom. The maximum Gasteiger partial charge on any atom is 0.142 e. The highest BCUT2D eigenvalue weighted by Gasteiger charge is 2.11. The van der Waals surface area contributed by atoms with Crippen LogP contribution in [-0.2, 0) is 0 Å². The van der Waals surface area contributed by atoms with Crippen LogP contribution < -0.4 is 10.5 Å². The molecule has 0 aliphatic rings. The molecule has 2 aromatic rings. The summed E-state index contributed by atoms with van der Waals surface area (Å²) in [5.41, 5.74) is 7.72. The first-order valence-corrected chi connectivity index (χ1v) is 6.93. The second-order valence-corrected chi connectivity index (χ2v) is 4.98. The molecule has 106 valence electrons. The van der Waals surface area contributed by atoms with Gasteiger partial charge in [0, 0.05) is 0 Å². The van der Waals surface area contributed by atoms with Gasteiger partial charge in [0.25, 0.3) is 0 Å². The average molecular weight is 294 g/mol. The SMILES string of the molecule is CCCOc1ccc(C(N)c2ccc(Cl)c(F)c2)cc1. The van der Waals surface area contributed by atoms with Crippen molar-refractivity contribution < 1.29 is 9.13 Å². The maximum atomic E-state index is 13.5. The number of halogens is 2. The molecule has 0 spiro atoms. The minimum Gasteiger partial charge on any atom is -0.494 e. The highest BCUT2D eigenvalue weighted by Crippen LogP contribution is 2.25. The molecule has 0 aliphatic heterocycles. The predicted octanol–water partition coefficient (Wildman–Crippen LogP) is 4.32. The Morgan fingerprint density at radius 3 is 2.40 bits per heavy atom. The zero-order valence-corrected chi connectivity index (χ0v) is 12.0. The Bertz CT molecular complexity index is 571. The summed E-state index contributed by atoms with van der Waals surface area (Å²) in [7, 11) is 0. The normalized spacial score (nSPS) is 12.2. The summed E-state index contributed by atoms with van der Waals surface area (Å²) in [5.74, 6) is 0.354. The first kappa shape index (κ1) is 14.8. The lowest BCUT2D eigenvalue weighted by Crippen LogP contribution is -2.12. The van der Waals surface area contributed by atoms with Crippen molar-refractivity contribution >= 4 is 11.6 Å². The van der Waals surface area contributed by atoms with Gasteiger partial charge in [-0.2, -0.15) is 0 Å². The van der Waals surface area contributed by atoms with Crippen LogP contribution in [0, 0.1) is 5.82 Å². The van der Waals surface area contributed by atoms with Crippen LogP contribution in [0.15, 0.2) is 42.5 Å². The Hall–Kier alpha value is -1.58. The molecule has 2 N–H and O–H groups in total. The number of hydrogen-bond acceptors (Lipinski definition) is 2. The van der Waals surface area contributed by atoms with Gasteiger partial charge in [-0.3, -0.25) is 0 Å². The molecule has 4 heteroatoms. The number of rotatable bonds is 5. The van der Waals surface area contributed by atoms with Crippen molar-refractivity contribution in [3.8, 4) is 5.75 Å². The monoisotopic (exact) mass is 293 g/mol. The lowest BCUT2D eigenvalue weighted by Gasteiger charge is -2.14. The molecule has 1 atom stereocenters. The van der Waals surface area contributed by atoms with Gasteiger partial charge in [0.1, 0.15) is 11.6 Å². The van der Waals surface area contributed by atoms with E-state index >= 15 is 0 Å². The summed E-state index contributed by atoms with van der Waals surface area (Å²) < 4.78 is 19.0. The predicted molar refractivity (Wildman–Crippen MR) is 79.7 cm³/mol. The molecule has 0 aliphatic carbocycles. The van der Waals surface area contributed by atoms with Crippen molar-refractivity contribution in [1.29, 1.82) is 0 Å². The van der Waals surface area contributed by atoms with E-state index in [2.05, 4.69) is 6.92 Å². The van der Waals surface area contributed by atoms with E-state index in [0.717, 1.165) is 17.7 Å². The Labute approximate surface area is 123 Å². The minimum atomic E-state index is -0.456. The molecule has 0 radical (unpaired) electrons. The van der Waals surface area contributed by atoms with E-state index in [-0.39, 0.29) is 11.1 Å². The van der Waals surface area contributed by atoms with Gasteiger partial charge in [-0.15, -0.1) is 0 Å². The summed E-state index contributed by atoms with van der Waals surface area (Å²) in [4.78, 5) is 0. The van der Waals surface area contributed by atoms with Crippen LogP contribution in [-0.4, -0.2) is 6.61 Å². The second-order valence-electron chi connectivity index (χ2n) is 4.57. The third-order valence-corrected chi connectivity index (χ3v) is 3.32. The van der Waals surface area contributed by atoms with E-state index in [1.807, 2.05) is 24.3 Å². The van der Waals surface area contributed by atoms with Crippen molar-refractivity contribution in [3.63, 3.8) is 0 Å². The highest BCUT2D eigenvalue weighted by atomic mass is 35.5. The molecule has 20 heavy (non-hydrogen) atoms. The molecule has 0 amide bonds. The molecule has 2 rings (SSSR count). The first-order valence-electron chi connectivity index (χ1n) is 6.55. The molecule has 2 nitrogen and oxygen atoms in total. The van der Waals surface area contributed by atoms with E-state index in [9.17, 15) is 4.39 Å². The third kappa shape index (κ3) is 3.50. The van der Waals surface area contributed by atoms with Gasteiger partial charge in [-0.25, -0.2) is 4.39 Å². The van der Waals surface area contributed by atoms with Gasteiger partial charge in [0.15, 0.2) is 0 Å². The summed E-state index contributed by atoms with van der Waals surface area (Å²) in [6.07, 6.45) is 0.964. The standard InChI is InChI=1S/C16H17ClFNO/c1-2-9-20-13-6-3-11(4-7-13)16(19)12-5-8-14(17)15(18)10-12/h3-8,10,16H,2,9,19H2,1H3. The van der Waals surface area contributed by atoms with Crippen LogP contribution in [0.1, 0.15) is 30.5 Å². The van der Waals surface area contributed by atoms with Crippen LogP contribution in [0.3, 0.4) is 0 Å². The fourth-order valence-electron chi connectivity index (χ4n) is 1.89. The van der Waals surface area contributed by atoms with Gasteiger partial charge in [-0.1, -0.05) is 36.7 Å². The topological polar surface area (TPSA) is 35.2 Å². The quantitative estimate of drug-likeness (QED) is 0.891. The van der Waals surface area contributed by atoms with Gasteiger partial charge in [-0.05, 0) is 41.8 Å². The minimum absolute atomic E-state index is 0.101. The van der Waals surface area contributed by atoms with E-state index < -0.39 is 5.82 Å². The smallest absolute Gasteiger partial charge is 0.142 e. The molecular formula is C16H17ClFNO. The third-order valence-electron chi connectivity index (χ3n) is 3.01. The molecule has 0 saturated heterocycles. The van der Waals surface area contributed by atoms with Crippen LogP contribution in [0.5, 0.6) is 5.75 Å². The van der Waals surface area contributed by atoms with Crippen molar-refractivity contribution in [2.75, 3.05) is 6.61 Å². The second kappa shape index (κ2) is 6.73. The van der Waals surface area contributed by atoms with Gasteiger partial charge in [0.05, 0.1) is 17.7 Å². The largest absolute Gasteiger partial charge is 0.494 e. The number of nitrogens with two attached hydrogens (primary N) is 1. The van der Waals surface area contributed by atoms with Crippen LogP contribution >= 0.6 is 11.6 Å². The lowest BCUT2D eigenvalue weighted by atomic mass is 9.99. The molecule has 0 bridgehead atoms. The fraction of sp³-hybridized carbons (Fsp3) is 0.250. The number of benzene rings is 2. The van der Waals surface area contributed by atoms with Gasteiger partial charge >= 0.3 is 0 Å². The number of hydrogen-bond donors (Lipinski definition) is 1. The zero-order valence-electron chi connectivity index (χ0n) is 11.3. The first-order chi connectivity index (χ1) is 9.61. The van der Waals surface area contributed by atoms with E-state index in [0.29, 0.717) is 12.2 Å². The fourth-order valence-corrected chi connectivity index (χ4v) is 2.01. The average Bonchev–Trinajstić information content (AvgIpc) is 2.48. The van der Waals surface area contributed by atoms with Crippen LogP contribution in [0.25, 0.3) is 0 Å². The lowest BCUT2D eigenvalue weighted by molar-refractivity contribution is 0.317. The van der Waals surface area contributed by atoms with Crippen molar-refractivity contribution in [1.82, 2.24) is 0 Å².